The maximum atomic E-state index is 11.9. The van der Waals surface area contributed by atoms with Crippen molar-refractivity contribution >= 4 is 23.9 Å². The second kappa shape index (κ2) is 9.23. The molecule has 0 aromatic carbocycles. The van der Waals surface area contributed by atoms with Crippen LogP contribution in [0.25, 0.3) is 0 Å². The summed E-state index contributed by atoms with van der Waals surface area (Å²) in [5.74, 6) is -2.24. The van der Waals surface area contributed by atoms with Crippen molar-refractivity contribution in [2.45, 2.75) is 58.8 Å². The summed E-state index contributed by atoms with van der Waals surface area (Å²) in [6, 6.07) is -0.968. The normalized spacial score (nSPS) is 15.0. The van der Waals surface area contributed by atoms with Crippen LogP contribution in [0.3, 0.4) is 0 Å². The third-order valence-electron chi connectivity index (χ3n) is 2.93. The summed E-state index contributed by atoms with van der Waals surface area (Å²) in [5, 5.41) is 18.7. The number of carbonyl (C=O) groups is 3. The molecule has 0 heterocycles. The van der Waals surface area contributed by atoms with Gasteiger partial charge in [-0.3, -0.25) is 9.59 Å². The SMILES string of the molecule is CC(C)OC(=O)[C@H](CCC(=O)C=N)NC(=O)[C@H](C)[C@@H](C)O. The molecule has 0 rings (SSSR count). The van der Waals surface area contributed by atoms with Gasteiger partial charge in [-0.1, -0.05) is 6.92 Å². The molecular formula is C14H24N2O5. The maximum absolute atomic E-state index is 11.9. The quantitative estimate of drug-likeness (QED) is 0.422. The molecule has 21 heavy (non-hydrogen) atoms. The summed E-state index contributed by atoms with van der Waals surface area (Å²) in [4.78, 5) is 34.9. The first kappa shape index (κ1) is 19.2. The Morgan fingerprint density at radius 2 is 1.81 bits per heavy atom. The third kappa shape index (κ3) is 7.55. The summed E-state index contributed by atoms with van der Waals surface area (Å²) in [5.41, 5.74) is 0. The molecule has 0 aliphatic rings. The molecule has 7 heteroatoms. The monoisotopic (exact) mass is 300 g/mol. The molecule has 3 N–H and O–H groups in total. The molecular weight excluding hydrogens is 276 g/mol. The molecule has 0 spiro atoms. The first-order valence-corrected chi connectivity index (χ1v) is 6.91. The number of amides is 1. The molecule has 0 aliphatic carbocycles. The van der Waals surface area contributed by atoms with Gasteiger partial charge in [-0.15, -0.1) is 0 Å². The molecule has 0 aliphatic heterocycles. The van der Waals surface area contributed by atoms with Gasteiger partial charge in [0.05, 0.1) is 24.3 Å². The second-order valence-corrected chi connectivity index (χ2v) is 5.23. The fraction of sp³-hybridized carbons (Fsp3) is 0.714. The van der Waals surface area contributed by atoms with Crippen LogP contribution in [0.15, 0.2) is 0 Å². The Morgan fingerprint density at radius 3 is 2.24 bits per heavy atom. The van der Waals surface area contributed by atoms with E-state index in [2.05, 4.69) is 5.32 Å². The number of hydrogen-bond donors (Lipinski definition) is 3. The Morgan fingerprint density at radius 1 is 1.24 bits per heavy atom. The number of ketones is 1. The lowest BCUT2D eigenvalue weighted by Crippen LogP contribution is -2.46. The Labute approximate surface area is 124 Å². The van der Waals surface area contributed by atoms with E-state index in [9.17, 15) is 19.5 Å². The highest BCUT2D eigenvalue weighted by molar-refractivity contribution is 6.26. The summed E-state index contributed by atoms with van der Waals surface area (Å²) in [6.45, 7) is 6.37. The van der Waals surface area contributed by atoms with E-state index in [1.165, 1.54) is 13.8 Å². The number of esters is 1. The molecule has 0 saturated heterocycles. The zero-order chi connectivity index (χ0) is 16.6. The van der Waals surface area contributed by atoms with E-state index >= 15 is 0 Å². The molecule has 0 aromatic heterocycles. The first-order chi connectivity index (χ1) is 9.68. The lowest BCUT2D eigenvalue weighted by Gasteiger charge is -2.21. The molecule has 7 nitrogen and oxygen atoms in total. The van der Waals surface area contributed by atoms with Crippen molar-refractivity contribution in [1.29, 1.82) is 5.41 Å². The number of ether oxygens (including phenoxy) is 1. The van der Waals surface area contributed by atoms with Gasteiger partial charge in [0.15, 0.2) is 5.78 Å². The largest absolute Gasteiger partial charge is 0.461 e. The average molecular weight is 300 g/mol. The Hall–Kier alpha value is -1.76. The molecule has 0 unspecified atom stereocenters. The van der Waals surface area contributed by atoms with Crippen LogP contribution in [0.1, 0.15) is 40.5 Å². The van der Waals surface area contributed by atoms with Crippen LogP contribution in [0.2, 0.25) is 0 Å². The Balaban J connectivity index is 4.78. The fourth-order valence-corrected chi connectivity index (χ4v) is 1.44. The van der Waals surface area contributed by atoms with Gasteiger partial charge in [-0.25, -0.2) is 4.79 Å². The molecule has 0 bridgehead atoms. The fourth-order valence-electron chi connectivity index (χ4n) is 1.44. The predicted octanol–water partition coefficient (Wildman–Crippen LogP) is 0.439. The average Bonchev–Trinajstić information content (AvgIpc) is 2.40. The zero-order valence-corrected chi connectivity index (χ0v) is 12.9. The second-order valence-electron chi connectivity index (χ2n) is 5.23. The Bertz CT molecular complexity index is 393. The van der Waals surface area contributed by atoms with E-state index in [0.717, 1.165) is 0 Å². The first-order valence-electron chi connectivity index (χ1n) is 6.91. The molecule has 0 radical (unpaired) electrons. The van der Waals surface area contributed by atoms with Gasteiger partial charge in [-0.2, -0.15) is 0 Å². The van der Waals surface area contributed by atoms with Crippen LogP contribution in [-0.4, -0.2) is 47.2 Å². The molecule has 0 saturated carbocycles. The van der Waals surface area contributed by atoms with E-state index < -0.39 is 35.7 Å². The molecule has 120 valence electrons. The third-order valence-corrected chi connectivity index (χ3v) is 2.93. The minimum absolute atomic E-state index is 0.0370. The summed E-state index contributed by atoms with van der Waals surface area (Å²) >= 11 is 0. The van der Waals surface area contributed by atoms with Crippen molar-refractivity contribution < 1.29 is 24.2 Å². The van der Waals surface area contributed by atoms with Gasteiger partial charge in [0, 0.05) is 6.42 Å². The topological polar surface area (TPSA) is 117 Å². The molecule has 1 amide bonds. The smallest absolute Gasteiger partial charge is 0.328 e. The van der Waals surface area contributed by atoms with Crippen molar-refractivity contribution in [2.75, 3.05) is 0 Å². The minimum Gasteiger partial charge on any atom is -0.461 e. The highest BCUT2D eigenvalue weighted by Gasteiger charge is 2.27. The van der Waals surface area contributed by atoms with Gasteiger partial charge in [-0.05, 0) is 27.2 Å². The molecule has 0 aromatic rings. The van der Waals surface area contributed by atoms with E-state index in [-0.39, 0.29) is 18.9 Å². The maximum Gasteiger partial charge on any atom is 0.328 e. The van der Waals surface area contributed by atoms with Gasteiger partial charge in [0.25, 0.3) is 0 Å². The van der Waals surface area contributed by atoms with Crippen LogP contribution >= 0.6 is 0 Å². The van der Waals surface area contributed by atoms with Crippen LogP contribution in [0, 0.1) is 11.3 Å². The number of carbonyl (C=O) groups excluding carboxylic acids is 3. The van der Waals surface area contributed by atoms with Gasteiger partial charge in [0.1, 0.15) is 6.04 Å². The van der Waals surface area contributed by atoms with Crippen molar-refractivity contribution in [1.82, 2.24) is 5.32 Å². The summed E-state index contributed by atoms with van der Waals surface area (Å²) < 4.78 is 5.03. The highest BCUT2D eigenvalue weighted by Crippen LogP contribution is 2.07. The van der Waals surface area contributed by atoms with Crippen molar-refractivity contribution in [3.8, 4) is 0 Å². The number of Topliss-reactive ketones (excluding diaryl/α,β-unsaturated/α-hetero) is 1. The van der Waals surface area contributed by atoms with Gasteiger partial charge < -0.3 is 20.6 Å². The summed E-state index contributed by atoms with van der Waals surface area (Å²) in [6.07, 6.45) is -0.507. The van der Waals surface area contributed by atoms with Gasteiger partial charge >= 0.3 is 5.97 Å². The number of hydrogen-bond acceptors (Lipinski definition) is 6. The summed E-state index contributed by atoms with van der Waals surface area (Å²) in [7, 11) is 0. The number of rotatable bonds is 9. The van der Waals surface area contributed by atoms with Crippen molar-refractivity contribution in [3.63, 3.8) is 0 Å². The lowest BCUT2D eigenvalue weighted by atomic mass is 10.0. The van der Waals surface area contributed by atoms with Crippen molar-refractivity contribution in [2.24, 2.45) is 5.92 Å². The zero-order valence-electron chi connectivity index (χ0n) is 12.9. The van der Waals surface area contributed by atoms with E-state index in [1.54, 1.807) is 13.8 Å². The van der Waals surface area contributed by atoms with E-state index in [4.69, 9.17) is 10.1 Å². The predicted molar refractivity (Wildman–Crippen MR) is 77.0 cm³/mol. The molecule has 3 atom stereocenters. The van der Waals surface area contributed by atoms with Crippen LogP contribution < -0.4 is 5.32 Å². The van der Waals surface area contributed by atoms with Crippen LogP contribution in [0.5, 0.6) is 0 Å². The highest BCUT2D eigenvalue weighted by atomic mass is 16.5. The molecule has 0 fully saturated rings. The standard InChI is InChI=1S/C14H24N2O5/c1-8(2)21-14(20)12(6-5-11(18)7-15)16-13(19)9(3)10(4)17/h7-10,12,15,17H,5-6H2,1-4H3,(H,16,19)/t9-,10-,12+/m1/s1. The number of aliphatic hydroxyl groups is 1. The van der Waals surface area contributed by atoms with Gasteiger partial charge in [0.2, 0.25) is 5.91 Å². The number of aliphatic hydroxyl groups excluding tert-OH is 1. The van der Waals surface area contributed by atoms with E-state index in [1.807, 2.05) is 0 Å². The van der Waals surface area contributed by atoms with Crippen LogP contribution in [-0.2, 0) is 19.1 Å². The van der Waals surface area contributed by atoms with E-state index in [0.29, 0.717) is 6.21 Å². The lowest BCUT2D eigenvalue weighted by molar-refractivity contribution is -0.152. The minimum atomic E-state index is -0.968. The van der Waals surface area contributed by atoms with Crippen LogP contribution in [0.4, 0.5) is 0 Å². The number of nitrogens with one attached hydrogen (secondary N) is 2. The Kier molecular flexibility index (Phi) is 8.45. The van der Waals surface area contributed by atoms with Crippen molar-refractivity contribution in [3.05, 3.63) is 0 Å².